The number of benzene rings is 9. The molecule has 6 aromatic heterocycles. The summed E-state index contributed by atoms with van der Waals surface area (Å²) in [6.45, 7) is 0. The predicted octanol–water partition coefficient (Wildman–Crippen LogP) is 16.1. The van der Waals surface area contributed by atoms with Crippen LogP contribution in [0.15, 0.2) is 170 Å². The number of nitrogens with zero attached hydrogens (tertiary/aromatic N) is 2. The van der Waals surface area contributed by atoms with Crippen molar-refractivity contribution in [3.8, 4) is 22.3 Å². The summed E-state index contributed by atoms with van der Waals surface area (Å²) in [5, 5.41) is 11.9. The van der Waals surface area contributed by atoms with E-state index in [2.05, 4.69) is 69.5 Å². The first-order chi connectivity index (χ1) is 32.9. The van der Waals surface area contributed by atoms with E-state index in [4.69, 9.17) is 13.7 Å². The molecule has 0 fully saturated rings. The van der Waals surface area contributed by atoms with Crippen molar-refractivity contribution in [2.75, 3.05) is 0 Å². The summed E-state index contributed by atoms with van der Waals surface area (Å²) in [7, 11) is 0. The molecule has 0 spiro atoms. The Morgan fingerprint density at radius 3 is 1.22 bits per heavy atom. The van der Waals surface area contributed by atoms with Gasteiger partial charge in [-0.3, -0.25) is 0 Å². The lowest BCUT2D eigenvalue weighted by atomic mass is 9.96. The lowest BCUT2D eigenvalue weighted by molar-refractivity contribution is 1.36. The van der Waals surface area contributed by atoms with Crippen LogP contribution in [0.2, 0.25) is 0 Å². The number of rotatable bonds is 2. The van der Waals surface area contributed by atoms with E-state index < -0.39 is 12.1 Å². The van der Waals surface area contributed by atoms with Crippen LogP contribution in [-0.2, 0) is 0 Å². The van der Waals surface area contributed by atoms with Crippen LogP contribution >= 0.6 is 22.7 Å². The monoisotopic (exact) mass is 778 g/mol. The van der Waals surface area contributed by atoms with Gasteiger partial charge >= 0.3 is 0 Å². The van der Waals surface area contributed by atoms with Crippen LogP contribution in [0.25, 0.3) is 139 Å². The molecule has 0 saturated carbocycles. The van der Waals surface area contributed by atoms with E-state index in [-0.39, 0.29) is 59.5 Å². The van der Waals surface area contributed by atoms with Gasteiger partial charge in [-0.25, -0.2) is 0 Å². The molecule has 4 heteroatoms. The number of aromatic nitrogens is 2. The quantitative estimate of drug-likeness (QED) is 0.165. The number of hydrogen-bond donors (Lipinski definition) is 0. The molecule has 2 nitrogen and oxygen atoms in total. The van der Waals surface area contributed by atoms with Crippen molar-refractivity contribution >= 4 is 139 Å². The maximum absolute atomic E-state index is 9.11. The fourth-order valence-corrected chi connectivity index (χ4v) is 12.5. The molecule has 0 bridgehead atoms. The molecule has 58 heavy (non-hydrogen) atoms. The van der Waals surface area contributed by atoms with Gasteiger partial charge in [0.15, 0.2) is 0 Å². The molecule has 0 N–H and O–H groups in total. The van der Waals surface area contributed by atoms with E-state index in [9.17, 15) is 0 Å². The third-order valence-corrected chi connectivity index (χ3v) is 14.8. The first kappa shape index (κ1) is 22.7. The highest BCUT2D eigenvalue weighted by Gasteiger charge is 2.26. The largest absolute Gasteiger partial charge is 0.308 e. The van der Waals surface area contributed by atoms with E-state index in [0.717, 1.165) is 117 Å². The van der Waals surface area contributed by atoms with Gasteiger partial charge in [0.2, 0.25) is 0 Å². The van der Waals surface area contributed by atoms with E-state index >= 15 is 0 Å². The van der Waals surface area contributed by atoms with E-state index in [0.29, 0.717) is 11.1 Å². The minimum Gasteiger partial charge on any atom is -0.308 e. The zero-order valence-electron chi connectivity index (χ0n) is 40.1. The molecule has 266 valence electrons. The molecule has 9 aromatic carbocycles. The average molecular weight is 779 g/mol. The van der Waals surface area contributed by atoms with Gasteiger partial charge in [0.25, 0.3) is 0 Å². The van der Waals surface area contributed by atoms with E-state index in [1.165, 1.54) is 0 Å². The summed E-state index contributed by atoms with van der Waals surface area (Å²) in [6, 6.07) is 34.3. The normalized spacial score (nSPS) is 15.2. The molecular weight excluding hydrogens is 741 g/mol. The summed E-state index contributed by atoms with van der Waals surface area (Å²) < 4.78 is 97.0. The van der Waals surface area contributed by atoms with Gasteiger partial charge in [0, 0.05) is 83.4 Å². The molecule has 0 saturated heterocycles. The Hall–Kier alpha value is -6.98. The fourth-order valence-electron chi connectivity index (χ4n) is 10.3. The topological polar surface area (TPSA) is 8.82 Å². The second-order valence-corrected chi connectivity index (χ2v) is 17.4. The van der Waals surface area contributed by atoms with Crippen molar-refractivity contribution in [3.63, 3.8) is 0 Å². The van der Waals surface area contributed by atoms with Gasteiger partial charge in [-0.2, -0.15) is 0 Å². The first-order valence-electron chi connectivity index (χ1n) is 24.1. The van der Waals surface area contributed by atoms with Gasteiger partial charge in [-0.15, -0.1) is 22.7 Å². The highest BCUT2D eigenvalue weighted by atomic mass is 32.1. The third-order valence-electron chi connectivity index (χ3n) is 12.5. The fraction of sp³-hybridized carbons (Fsp3) is 0. The second kappa shape index (κ2) is 10.5. The van der Waals surface area contributed by atoms with Crippen molar-refractivity contribution in [2.24, 2.45) is 0 Å². The Labute approximate surface area is 352 Å². The van der Waals surface area contributed by atoms with Crippen LogP contribution in [0.5, 0.6) is 0 Å². The Morgan fingerprint density at radius 1 is 0.328 bits per heavy atom. The zero-order valence-corrected chi connectivity index (χ0v) is 31.7. The summed E-state index contributed by atoms with van der Waals surface area (Å²) in [5.41, 5.74) is 7.04. The van der Waals surface area contributed by atoms with Crippen molar-refractivity contribution in [1.29, 1.82) is 0 Å². The van der Waals surface area contributed by atoms with Crippen molar-refractivity contribution < 1.29 is 13.7 Å². The van der Waals surface area contributed by atoms with Crippen LogP contribution in [-0.4, -0.2) is 8.80 Å². The molecule has 0 radical (unpaired) electrons. The Morgan fingerprint density at radius 2 is 0.759 bits per heavy atom. The lowest BCUT2D eigenvalue weighted by Gasteiger charge is -2.06. The van der Waals surface area contributed by atoms with E-state index in [1.807, 2.05) is 48.5 Å². The zero-order chi connectivity index (χ0) is 46.1. The van der Waals surface area contributed by atoms with Crippen LogP contribution in [0.3, 0.4) is 0 Å². The van der Waals surface area contributed by atoms with Crippen LogP contribution in [0, 0.1) is 0 Å². The molecule has 15 aromatic rings. The Kier molecular flexibility index (Phi) is 4.10. The highest BCUT2D eigenvalue weighted by molar-refractivity contribution is 7.26. The number of fused-ring (bicyclic) bond motifs is 20. The van der Waals surface area contributed by atoms with Crippen LogP contribution in [0.1, 0.15) is 13.7 Å². The third kappa shape index (κ3) is 3.61. The van der Waals surface area contributed by atoms with Crippen LogP contribution < -0.4 is 0 Å². The second-order valence-electron chi connectivity index (χ2n) is 15.3. The maximum Gasteiger partial charge on any atom is 0.0629 e. The Balaban J connectivity index is 1.17. The maximum atomic E-state index is 9.11. The lowest BCUT2D eigenvalue weighted by Crippen LogP contribution is -1.83. The summed E-state index contributed by atoms with van der Waals surface area (Å²) in [6.07, 6.45) is 0. The molecule has 0 atom stereocenters. The summed E-state index contributed by atoms with van der Waals surface area (Å²) >= 11 is 3.45. The van der Waals surface area contributed by atoms with Gasteiger partial charge in [-0.05, 0) is 95.1 Å². The van der Waals surface area contributed by atoms with Crippen molar-refractivity contribution in [3.05, 3.63) is 170 Å². The van der Waals surface area contributed by atoms with Gasteiger partial charge in [-0.1, -0.05) is 96.8 Å². The van der Waals surface area contributed by atoms with Crippen molar-refractivity contribution in [1.82, 2.24) is 8.80 Å². The predicted molar refractivity (Wildman–Crippen MR) is 252 cm³/mol. The van der Waals surface area contributed by atoms with Gasteiger partial charge in [0.05, 0.1) is 46.8 Å². The minimum atomic E-state index is -0.439. The molecular formula is C54H28N2S2. The molecule has 0 aliphatic carbocycles. The molecule has 0 aliphatic heterocycles. The SMILES string of the molecule is [2H]c1c([2H])c([2H])c(-c2cc3c4cc5c(cc4n4c6ccc7sc8ccccc8c7c6c(c2)c34)c2cc(-c3c([2H])c([2H])c([2H])c([2H])c3[2H])cc3c4c6c(ccc4n5c23)sc2ccccc26)c([2H])c1[2H]. The van der Waals surface area contributed by atoms with Crippen molar-refractivity contribution in [2.45, 2.75) is 0 Å². The molecule has 0 unspecified atom stereocenters. The molecule has 6 heterocycles. The molecule has 15 rings (SSSR count). The summed E-state index contributed by atoms with van der Waals surface area (Å²) in [5.74, 6) is 0. The number of thiophene rings is 2. The molecule has 0 aliphatic rings. The van der Waals surface area contributed by atoms with Gasteiger partial charge < -0.3 is 8.80 Å². The highest BCUT2D eigenvalue weighted by Crippen LogP contribution is 2.51. The first-order valence-corrected chi connectivity index (χ1v) is 20.7. The number of hydrogen-bond acceptors (Lipinski definition) is 2. The summed E-state index contributed by atoms with van der Waals surface area (Å²) in [4.78, 5) is 0. The van der Waals surface area contributed by atoms with E-state index in [1.54, 1.807) is 22.7 Å². The smallest absolute Gasteiger partial charge is 0.0629 e. The Bertz CT molecular complexity index is 4500. The minimum absolute atomic E-state index is 0.143. The molecule has 0 amide bonds. The van der Waals surface area contributed by atoms with Crippen LogP contribution in [0.4, 0.5) is 0 Å². The average Bonchev–Trinajstić information content (AvgIpc) is 4.19. The van der Waals surface area contributed by atoms with Gasteiger partial charge in [0.1, 0.15) is 0 Å². The standard InChI is InChI=1S/C54H28N2S2/c1-3-11-29(12-4-1)31-23-37-35-27-44-36(28-43(35)55-41-19-21-47-51(49(41)39(25-31)53(37)55)33-15-7-9-17-45(33)57-47)38-24-32(30-13-5-2-6-14-30)26-40-50-42(56(44)54(38)40)20-22-48-52(50)34-16-8-10-18-46(34)58-48/h1-28H/i1D,2D,3D,4D,5D,6D,11D,12D,13D,14D.